The van der Waals surface area contributed by atoms with Gasteiger partial charge in [-0.15, -0.1) is 0 Å². The number of anilines is 3. The molecule has 2 saturated heterocycles. The molecule has 6 rings (SSSR count). The molecule has 2 fully saturated rings. The van der Waals surface area contributed by atoms with Gasteiger partial charge in [-0.25, -0.2) is 14.3 Å². The average Bonchev–Trinajstić information content (AvgIpc) is 3.45. The fourth-order valence-corrected chi connectivity index (χ4v) is 6.07. The number of hydrogen-bond donors (Lipinski definition) is 1. The van der Waals surface area contributed by atoms with Crippen molar-refractivity contribution in [3.8, 4) is 0 Å². The van der Waals surface area contributed by atoms with Crippen LogP contribution in [0.5, 0.6) is 0 Å². The molecule has 4 aromatic rings. The van der Waals surface area contributed by atoms with Crippen LogP contribution in [0, 0.1) is 6.92 Å². The molecule has 2 aliphatic heterocycles. The predicted molar refractivity (Wildman–Crippen MR) is 150 cm³/mol. The summed E-state index contributed by atoms with van der Waals surface area (Å²) in [5.41, 5.74) is 3.40. The van der Waals surface area contributed by atoms with Crippen LogP contribution in [0.15, 0.2) is 97.1 Å². The highest BCUT2D eigenvalue weighted by Gasteiger charge is 2.52. The van der Waals surface area contributed by atoms with Gasteiger partial charge in [0.25, 0.3) is 0 Å². The molecule has 8 nitrogen and oxygen atoms in total. The Labute approximate surface area is 227 Å². The standard InChI is InChI=1S/C31H31N5O3/c1-22-19-28(34(32-22)20-23-11-5-2-6-12-23)36-26-17-18-27(36)29(30(37)38)33(21-26)31(39)35(24-13-7-3-8-14-24)25-15-9-4-10-16-25/h2-16,19,26-27,29H,17-18,20-21H2,1H3,(H,37,38)/t26-,27+,29-/m0/s1. The van der Waals surface area contributed by atoms with Crippen LogP contribution < -0.4 is 9.80 Å². The average molecular weight is 522 g/mol. The second-order valence-electron chi connectivity index (χ2n) is 10.2. The number of carbonyl (C=O) groups is 2. The number of para-hydroxylation sites is 2. The summed E-state index contributed by atoms with van der Waals surface area (Å²) in [5.74, 6) is -0.0872. The number of aryl methyl sites for hydroxylation is 1. The molecular formula is C31H31N5O3. The number of carboxylic acid groups (broad SMARTS) is 1. The molecule has 2 bridgehead atoms. The summed E-state index contributed by atoms with van der Waals surface area (Å²) in [6.45, 7) is 2.87. The zero-order valence-electron chi connectivity index (χ0n) is 21.8. The summed E-state index contributed by atoms with van der Waals surface area (Å²) in [6, 6.07) is 29.3. The van der Waals surface area contributed by atoms with Gasteiger partial charge in [-0.2, -0.15) is 5.10 Å². The molecular weight excluding hydrogens is 490 g/mol. The monoisotopic (exact) mass is 521 g/mol. The smallest absolute Gasteiger partial charge is 0.329 e. The van der Waals surface area contributed by atoms with Crippen LogP contribution in [-0.4, -0.2) is 56.5 Å². The van der Waals surface area contributed by atoms with Crippen molar-refractivity contribution in [1.29, 1.82) is 0 Å². The molecule has 3 atom stereocenters. The van der Waals surface area contributed by atoms with E-state index in [4.69, 9.17) is 5.10 Å². The van der Waals surface area contributed by atoms with Gasteiger partial charge < -0.3 is 14.9 Å². The largest absolute Gasteiger partial charge is 0.480 e. The first kappa shape index (κ1) is 24.7. The first-order chi connectivity index (χ1) is 19.0. The van der Waals surface area contributed by atoms with Gasteiger partial charge in [0, 0.05) is 18.7 Å². The Bertz CT molecular complexity index is 1420. The van der Waals surface area contributed by atoms with Crippen LogP contribution in [0.1, 0.15) is 24.1 Å². The Morgan fingerprint density at radius 3 is 2.08 bits per heavy atom. The summed E-state index contributed by atoms with van der Waals surface area (Å²) >= 11 is 0. The fourth-order valence-electron chi connectivity index (χ4n) is 6.07. The van der Waals surface area contributed by atoms with Crippen molar-refractivity contribution in [2.75, 3.05) is 16.3 Å². The fraction of sp³-hybridized carbons (Fsp3) is 0.258. The zero-order valence-corrected chi connectivity index (χ0v) is 21.8. The third-order valence-electron chi connectivity index (χ3n) is 7.69. The van der Waals surface area contributed by atoms with E-state index in [1.807, 2.05) is 96.5 Å². The van der Waals surface area contributed by atoms with Crippen molar-refractivity contribution in [3.63, 3.8) is 0 Å². The Kier molecular flexibility index (Phi) is 6.52. The molecule has 8 heteroatoms. The van der Waals surface area contributed by atoms with E-state index in [0.717, 1.165) is 23.5 Å². The first-order valence-corrected chi connectivity index (χ1v) is 13.3. The van der Waals surface area contributed by atoms with E-state index in [2.05, 4.69) is 17.0 Å². The third kappa shape index (κ3) is 4.63. The van der Waals surface area contributed by atoms with Crippen LogP contribution >= 0.6 is 0 Å². The van der Waals surface area contributed by atoms with Gasteiger partial charge in [0.1, 0.15) is 5.82 Å². The molecule has 1 N–H and O–H groups in total. The van der Waals surface area contributed by atoms with Crippen molar-refractivity contribution in [3.05, 3.63) is 108 Å². The number of likely N-dealkylation sites (tertiary alicyclic amines) is 1. The maximum Gasteiger partial charge on any atom is 0.329 e. The normalized spacial score (nSPS) is 20.2. The number of nitrogens with zero attached hydrogens (tertiary/aromatic N) is 5. The highest BCUT2D eigenvalue weighted by molar-refractivity contribution is 6.01. The summed E-state index contributed by atoms with van der Waals surface area (Å²) in [5, 5.41) is 15.3. The molecule has 0 spiro atoms. The van der Waals surface area contributed by atoms with Crippen molar-refractivity contribution in [2.45, 2.75) is 44.4 Å². The number of carboxylic acids is 1. The van der Waals surface area contributed by atoms with E-state index in [0.29, 0.717) is 30.9 Å². The van der Waals surface area contributed by atoms with E-state index in [1.165, 1.54) is 0 Å². The summed E-state index contributed by atoms with van der Waals surface area (Å²) in [7, 11) is 0. The molecule has 39 heavy (non-hydrogen) atoms. The molecule has 3 heterocycles. The minimum Gasteiger partial charge on any atom is -0.480 e. The van der Waals surface area contributed by atoms with Crippen LogP contribution in [0.2, 0.25) is 0 Å². The molecule has 0 radical (unpaired) electrons. The van der Waals surface area contributed by atoms with E-state index in [9.17, 15) is 14.7 Å². The number of piperazine rings is 1. The predicted octanol–water partition coefficient (Wildman–Crippen LogP) is 5.30. The number of carbonyl (C=O) groups excluding carboxylic acids is 1. The maximum atomic E-state index is 14.2. The number of amides is 2. The first-order valence-electron chi connectivity index (χ1n) is 13.3. The lowest BCUT2D eigenvalue weighted by Gasteiger charge is -2.47. The topological polar surface area (TPSA) is 81.9 Å². The number of rotatable bonds is 6. The molecule has 3 aromatic carbocycles. The van der Waals surface area contributed by atoms with Gasteiger partial charge in [0.2, 0.25) is 0 Å². The quantitative estimate of drug-likeness (QED) is 0.372. The van der Waals surface area contributed by atoms with Crippen molar-refractivity contribution in [2.24, 2.45) is 0 Å². The van der Waals surface area contributed by atoms with Crippen LogP contribution in [0.3, 0.4) is 0 Å². The van der Waals surface area contributed by atoms with Gasteiger partial charge in [-0.1, -0.05) is 66.7 Å². The van der Waals surface area contributed by atoms with E-state index in [1.54, 1.807) is 9.80 Å². The van der Waals surface area contributed by atoms with Gasteiger partial charge in [-0.3, -0.25) is 4.90 Å². The number of benzene rings is 3. The lowest BCUT2D eigenvalue weighted by Crippen LogP contribution is -2.65. The minimum atomic E-state index is -0.995. The number of fused-ring (bicyclic) bond motifs is 2. The Hall–Kier alpha value is -4.59. The van der Waals surface area contributed by atoms with E-state index in [-0.39, 0.29) is 18.1 Å². The van der Waals surface area contributed by atoms with E-state index < -0.39 is 12.0 Å². The number of aromatic nitrogens is 2. The zero-order chi connectivity index (χ0) is 26.9. The van der Waals surface area contributed by atoms with E-state index >= 15 is 0 Å². The molecule has 0 unspecified atom stereocenters. The van der Waals surface area contributed by atoms with Gasteiger partial charge >= 0.3 is 12.0 Å². The molecule has 1 aromatic heterocycles. The maximum absolute atomic E-state index is 14.2. The van der Waals surface area contributed by atoms with Crippen LogP contribution in [-0.2, 0) is 11.3 Å². The Balaban J connectivity index is 1.35. The van der Waals surface area contributed by atoms with Gasteiger partial charge in [-0.05, 0) is 49.6 Å². The second-order valence-corrected chi connectivity index (χ2v) is 10.2. The SMILES string of the molecule is Cc1cc(N2[C@H]3CC[C@@H]2[C@@H](C(=O)O)N(C(=O)N(c2ccccc2)c2ccccc2)C3)n(Cc2ccccc2)n1. The molecule has 0 saturated carbocycles. The lowest BCUT2D eigenvalue weighted by atomic mass is 10.0. The van der Waals surface area contributed by atoms with Gasteiger partial charge in [0.05, 0.1) is 29.7 Å². The summed E-state index contributed by atoms with van der Waals surface area (Å²) < 4.78 is 1.96. The third-order valence-corrected chi connectivity index (χ3v) is 7.69. The number of aliphatic carboxylic acids is 1. The second kappa shape index (κ2) is 10.3. The number of urea groups is 1. The lowest BCUT2D eigenvalue weighted by molar-refractivity contribution is -0.143. The van der Waals surface area contributed by atoms with Crippen LogP contribution in [0.4, 0.5) is 22.0 Å². The highest BCUT2D eigenvalue weighted by atomic mass is 16.4. The van der Waals surface area contributed by atoms with Crippen molar-refractivity contribution in [1.82, 2.24) is 14.7 Å². The number of hydrogen-bond acceptors (Lipinski definition) is 4. The minimum absolute atomic E-state index is 0.00595. The molecule has 2 amide bonds. The van der Waals surface area contributed by atoms with Crippen LogP contribution in [0.25, 0.3) is 0 Å². The van der Waals surface area contributed by atoms with Crippen molar-refractivity contribution < 1.29 is 14.7 Å². The Morgan fingerprint density at radius 1 is 0.897 bits per heavy atom. The molecule has 2 aliphatic rings. The summed E-state index contributed by atoms with van der Waals surface area (Å²) in [4.78, 5) is 32.5. The molecule has 198 valence electrons. The molecule has 0 aliphatic carbocycles. The van der Waals surface area contributed by atoms with Crippen molar-refractivity contribution >= 4 is 29.2 Å². The summed E-state index contributed by atoms with van der Waals surface area (Å²) in [6.07, 6.45) is 1.50. The highest BCUT2D eigenvalue weighted by Crippen LogP contribution is 2.40. The Morgan fingerprint density at radius 2 is 1.49 bits per heavy atom. The van der Waals surface area contributed by atoms with Gasteiger partial charge in [0.15, 0.2) is 6.04 Å².